The van der Waals surface area contributed by atoms with Crippen LogP contribution in [0.15, 0.2) is 40.9 Å². The monoisotopic (exact) mass is 327 g/mol. The molecule has 2 heterocycles. The lowest BCUT2D eigenvalue weighted by atomic mass is 10.0. The zero-order chi connectivity index (χ0) is 16.9. The van der Waals surface area contributed by atoms with E-state index in [-0.39, 0.29) is 17.5 Å². The zero-order valence-electron chi connectivity index (χ0n) is 13.7. The van der Waals surface area contributed by atoms with Gasteiger partial charge in [-0.3, -0.25) is 9.59 Å². The first-order chi connectivity index (χ1) is 11.7. The standard InChI is InChI=1S/C18H21N3O3/c1-2-6-14-12-15(20-24-14)18(23)21-10-9-19-17(22)16(21)11-13-7-4-3-5-8-13/h3-5,7-8,12,16H,2,6,9-11H2,1H3,(H,19,22)/t16-/m0/s1. The predicted molar refractivity (Wildman–Crippen MR) is 88.5 cm³/mol. The summed E-state index contributed by atoms with van der Waals surface area (Å²) in [4.78, 5) is 26.7. The summed E-state index contributed by atoms with van der Waals surface area (Å²) in [5.74, 6) is 0.314. The first-order valence-electron chi connectivity index (χ1n) is 8.27. The van der Waals surface area contributed by atoms with Gasteiger partial charge in [0.25, 0.3) is 5.91 Å². The molecular weight excluding hydrogens is 306 g/mol. The third kappa shape index (κ3) is 3.48. The van der Waals surface area contributed by atoms with Gasteiger partial charge in [-0.15, -0.1) is 0 Å². The van der Waals surface area contributed by atoms with E-state index < -0.39 is 6.04 Å². The van der Waals surface area contributed by atoms with Gasteiger partial charge in [-0.2, -0.15) is 0 Å². The highest BCUT2D eigenvalue weighted by Crippen LogP contribution is 2.16. The molecule has 6 nitrogen and oxygen atoms in total. The molecule has 1 saturated heterocycles. The molecule has 0 saturated carbocycles. The molecule has 0 bridgehead atoms. The Morgan fingerprint density at radius 1 is 1.38 bits per heavy atom. The van der Waals surface area contributed by atoms with Crippen LogP contribution in [0.5, 0.6) is 0 Å². The lowest BCUT2D eigenvalue weighted by Gasteiger charge is -2.34. The summed E-state index contributed by atoms with van der Waals surface area (Å²) in [7, 11) is 0. The van der Waals surface area contributed by atoms with Crippen molar-refractivity contribution < 1.29 is 14.1 Å². The van der Waals surface area contributed by atoms with E-state index >= 15 is 0 Å². The largest absolute Gasteiger partial charge is 0.361 e. The Balaban J connectivity index is 1.79. The van der Waals surface area contributed by atoms with Gasteiger partial charge in [-0.25, -0.2) is 0 Å². The summed E-state index contributed by atoms with van der Waals surface area (Å²) in [6.45, 7) is 2.96. The Morgan fingerprint density at radius 3 is 2.92 bits per heavy atom. The van der Waals surface area contributed by atoms with Crippen LogP contribution in [0.3, 0.4) is 0 Å². The van der Waals surface area contributed by atoms with Gasteiger partial charge < -0.3 is 14.7 Å². The smallest absolute Gasteiger partial charge is 0.276 e. The summed E-state index contributed by atoms with van der Waals surface area (Å²) >= 11 is 0. The van der Waals surface area contributed by atoms with Gasteiger partial charge in [0.05, 0.1) is 0 Å². The van der Waals surface area contributed by atoms with Crippen molar-refractivity contribution in [3.63, 3.8) is 0 Å². The molecule has 6 heteroatoms. The number of aromatic nitrogens is 1. The molecule has 2 aromatic rings. The van der Waals surface area contributed by atoms with Crippen molar-refractivity contribution in [2.45, 2.75) is 32.2 Å². The van der Waals surface area contributed by atoms with Crippen LogP contribution < -0.4 is 5.32 Å². The predicted octanol–water partition coefficient (Wildman–Crippen LogP) is 1.81. The van der Waals surface area contributed by atoms with Gasteiger partial charge >= 0.3 is 0 Å². The van der Waals surface area contributed by atoms with Crippen molar-refractivity contribution in [3.8, 4) is 0 Å². The molecule has 2 amide bonds. The molecule has 1 N–H and O–H groups in total. The molecule has 1 aliphatic rings. The topological polar surface area (TPSA) is 75.4 Å². The minimum Gasteiger partial charge on any atom is -0.361 e. The maximum Gasteiger partial charge on any atom is 0.276 e. The number of piperazine rings is 1. The first kappa shape index (κ1) is 16.2. The van der Waals surface area contributed by atoms with Crippen molar-refractivity contribution >= 4 is 11.8 Å². The molecule has 24 heavy (non-hydrogen) atoms. The van der Waals surface area contributed by atoms with E-state index in [0.717, 1.165) is 18.4 Å². The number of carbonyl (C=O) groups excluding carboxylic acids is 2. The highest BCUT2D eigenvalue weighted by molar-refractivity contribution is 5.97. The normalized spacial score (nSPS) is 17.6. The van der Waals surface area contributed by atoms with Gasteiger partial charge in [0.1, 0.15) is 11.8 Å². The number of hydrogen-bond acceptors (Lipinski definition) is 4. The van der Waals surface area contributed by atoms with Crippen LogP contribution in [-0.2, 0) is 17.6 Å². The number of carbonyl (C=O) groups is 2. The Hall–Kier alpha value is -2.63. The third-order valence-corrected chi connectivity index (χ3v) is 4.14. The zero-order valence-corrected chi connectivity index (χ0v) is 13.7. The lowest BCUT2D eigenvalue weighted by Crippen LogP contribution is -2.58. The van der Waals surface area contributed by atoms with Gasteiger partial charge in [-0.1, -0.05) is 42.4 Å². The Morgan fingerprint density at radius 2 is 2.17 bits per heavy atom. The van der Waals surface area contributed by atoms with Crippen LogP contribution in [0.1, 0.15) is 35.2 Å². The average Bonchev–Trinajstić information content (AvgIpc) is 3.06. The molecule has 0 radical (unpaired) electrons. The molecule has 1 aromatic carbocycles. The molecule has 126 valence electrons. The average molecular weight is 327 g/mol. The SMILES string of the molecule is CCCc1cc(C(=O)N2CCNC(=O)[C@@H]2Cc2ccccc2)no1. The number of nitrogens with zero attached hydrogens (tertiary/aromatic N) is 2. The van der Waals surface area contributed by atoms with E-state index in [2.05, 4.69) is 10.5 Å². The minimum absolute atomic E-state index is 0.129. The summed E-state index contributed by atoms with van der Waals surface area (Å²) in [5.41, 5.74) is 1.29. The van der Waals surface area contributed by atoms with Gasteiger partial charge in [-0.05, 0) is 12.0 Å². The van der Waals surface area contributed by atoms with Crippen LogP contribution in [0.25, 0.3) is 0 Å². The lowest BCUT2D eigenvalue weighted by molar-refractivity contribution is -0.127. The fourth-order valence-corrected chi connectivity index (χ4v) is 2.92. The molecule has 1 atom stereocenters. The van der Waals surface area contributed by atoms with Gasteiger partial charge in [0.15, 0.2) is 5.69 Å². The highest BCUT2D eigenvalue weighted by Gasteiger charge is 2.34. The molecule has 0 aliphatic carbocycles. The number of rotatable bonds is 5. The third-order valence-electron chi connectivity index (χ3n) is 4.14. The molecule has 1 fully saturated rings. The van der Waals surface area contributed by atoms with Crippen LogP contribution >= 0.6 is 0 Å². The quantitative estimate of drug-likeness (QED) is 0.909. The number of amides is 2. The maximum atomic E-state index is 12.8. The van der Waals surface area contributed by atoms with E-state index in [9.17, 15) is 9.59 Å². The van der Waals surface area contributed by atoms with Crippen molar-refractivity contribution in [3.05, 3.63) is 53.4 Å². The van der Waals surface area contributed by atoms with Crippen molar-refractivity contribution in [1.29, 1.82) is 0 Å². The van der Waals surface area contributed by atoms with Crippen molar-refractivity contribution in [1.82, 2.24) is 15.4 Å². The highest BCUT2D eigenvalue weighted by atomic mass is 16.5. The fraction of sp³-hybridized carbons (Fsp3) is 0.389. The molecular formula is C18H21N3O3. The second kappa shape index (κ2) is 7.29. The van der Waals surface area contributed by atoms with E-state index in [0.29, 0.717) is 25.3 Å². The van der Waals surface area contributed by atoms with E-state index in [1.807, 2.05) is 37.3 Å². The fourth-order valence-electron chi connectivity index (χ4n) is 2.92. The van der Waals surface area contributed by atoms with E-state index in [1.54, 1.807) is 11.0 Å². The molecule has 0 spiro atoms. The van der Waals surface area contributed by atoms with Crippen molar-refractivity contribution in [2.75, 3.05) is 13.1 Å². The first-order valence-corrected chi connectivity index (χ1v) is 8.27. The second-order valence-electron chi connectivity index (χ2n) is 5.92. The van der Waals surface area contributed by atoms with Crippen LogP contribution in [0.2, 0.25) is 0 Å². The van der Waals surface area contributed by atoms with E-state index in [4.69, 9.17) is 4.52 Å². The van der Waals surface area contributed by atoms with Crippen molar-refractivity contribution in [2.24, 2.45) is 0 Å². The summed E-state index contributed by atoms with van der Waals surface area (Å²) in [5, 5.41) is 6.72. The molecule has 1 aliphatic heterocycles. The second-order valence-corrected chi connectivity index (χ2v) is 5.92. The summed E-state index contributed by atoms with van der Waals surface area (Å²) < 4.78 is 5.20. The molecule has 1 aromatic heterocycles. The van der Waals surface area contributed by atoms with Gasteiger partial charge in [0.2, 0.25) is 5.91 Å². The Labute approximate surface area is 140 Å². The van der Waals surface area contributed by atoms with Crippen LogP contribution in [0, 0.1) is 0 Å². The number of aryl methyl sites for hydroxylation is 1. The Bertz CT molecular complexity index is 711. The van der Waals surface area contributed by atoms with E-state index in [1.165, 1.54) is 0 Å². The summed E-state index contributed by atoms with van der Waals surface area (Å²) in [6.07, 6.45) is 2.15. The van der Waals surface area contributed by atoms with Crippen LogP contribution in [-0.4, -0.2) is 41.0 Å². The number of hydrogen-bond donors (Lipinski definition) is 1. The number of benzene rings is 1. The van der Waals surface area contributed by atoms with Crippen LogP contribution in [0.4, 0.5) is 0 Å². The molecule has 0 unspecified atom stereocenters. The summed E-state index contributed by atoms with van der Waals surface area (Å²) in [6, 6.07) is 10.9. The minimum atomic E-state index is -0.528. The Kier molecular flexibility index (Phi) is 4.93. The maximum absolute atomic E-state index is 12.8. The molecule has 3 rings (SSSR count). The number of nitrogens with one attached hydrogen (secondary N) is 1. The van der Waals surface area contributed by atoms with Gasteiger partial charge in [0, 0.05) is 32.0 Å².